The lowest BCUT2D eigenvalue weighted by Crippen LogP contribution is -2.21. The van der Waals surface area contributed by atoms with E-state index in [9.17, 15) is 13.2 Å². The first kappa shape index (κ1) is 15.0. The molecule has 1 aromatic rings. The zero-order chi connectivity index (χ0) is 13.8. The molecule has 0 fully saturated rings. The molecule has 0 radical (unpaired) electrons. The van der Waals surface area contributed by atoms with Crippen LogP contribution in [0.4, 0.5) is 19.0 Å². The average Bonchev–Trinajstić information content (AvgIpc) is 2.26. The number of aliphatic hydroxyl groups is 1. The van der Waals surface area contributed by atoms with Crippen LogP contribution in [-0.4, -0.2) is 22.7 Å². The first-order valence-corrected chi connectivity index (χ1v) is 5.86. The molecule has 0 amide bonds. The summed E-state index contributed by atoms with van der Waals surface area (Å²) in [4.78, 5) is 3.79. The van der Waals surface area contributed by atoms with E-state index in [0.717, 1.165) is 12.1 Å². The van der Waals surface area contributed by atoms with Gasteiger partial charge >= 0.3 is 6.18 Å². The van der Waals surface area contributed by atoms with Crippen LogP contribution in [0.2, 0.25) is 5.15 Å². The lowest BCUT2D eigenvalue weighted by molar-refractivity contribution is -0.137. The second-order valence-corrected chi connectivity index (χ2v) is 4.21. The average molecular weight is 283 g/mol. The van der Waals surface area contributed by atoms with Crippen molar-refractivity contribution in [3.8, 4) is 0 Å². The van der Waals surface area contributed by atoms with Crippen LogP contribution in [0.1, 0.15) is 25.3 Å². The van der Waals surface area contributed by atoms with Gasteiger partial charge < -0.3 is 10.4 Å². The van der Waals surface area contributed by atoms with Crippen LogP contribution in [0.25, 0.3) is 0 Å². The van der Waals surface area contributed by atoms with E-state index in [0.29, 0.717) is 12.8 Å². The van der Waals surface area contributed by atoms with E-state index in [1.54, 1.807) is 0 Å². The van der Waals surface area contributed by atoms with Crippen molar-refractivity contribution >= 4 is 17.4 Å². The third-order valence-electron chi connectivity index (χ3n) is 2.44. The van der Waals surface area contributed by atoms with Crippen molar-refractivity contribution in [1.82, 2.24) is 4.98 Å². The van der Waals surface area contributed by atoms with Crippen LogP contribution >= 0.6 is 11.6 Å². The molecule has 0 aliphatic carbocycles. The van der Waals surface area contributed by atoms with Crippen molar-refractivity contribution in [3.63, 3.8) is 0 Å². The van der Waals surface area contributed by atoms with E-state index in [4.69, 9.17) is 16.7 Å². The van der Waals surface area contributed by atoms with Crippen molar-refractivity contribution in [2.75, 3.05) is 11.9 Å². The van der Waals surface area contributed by atoms with Crippen LogP contribution in [0, 0.1) is 0 Å². The Labute approximate surface area is 108 Å². The molecule has 0 saturated heterocycles. The highest BCUT2D eigenvalue weighted by molar-refractivity contribution is 6.29. The maximum absolute atomic E-state index is 12.6. The zero-order valence-electron chi connectivity index (χ0n) is 9.76. The normalized spacial score (nSPS) is 13.4. The molecule has 7 heteroatoms. The second kappa shape index (κ2) is 6.24. The fourth-order valence-electron chi connectivity index (χ4n) is 1.48. The van der Waals surface area contributed by atoms with E-state index in [-0.39, 0.29) is 23.6 Å². The fraction of sp³-hybridized carbons (Fsp3) is 0.545. The standard InChI is InChI=1S/C11H14ClF3N2O/c1-2-8(3-4-18)16-10-6-7(11(13,14)15)5-9(12)17-10/h5-6,8,18H,2-4H2,1H3,(H,16,17). The number of aliphatic hydroxyl groups excluding tert-OH is 1. The molecule has 1 atom stereocenters. The summed E-state index contributed by atoms with van der Waals surface area (Å²) in [6.45, 7) is 1.82. The lowest BCUT2D eigenvalue weighted by atomic mass is 10.1. The van der Waals surface area contributed by atoms with Crippen LogP contribution < -0.4 is 5.32 Å². The van der Waals surface area contributed by atoms with Gasteiger partial charge in [-0.2, -0.15) is 13.2 Å². The Morgan fingerprint density at radius 3 is 2.61 bits per heavy atom. The Kier molecular flexibility index (Phi) is 5.22. The molecule has 0 aliphatic rings. The van der Waals surface area contributed by atoms with Gasteiger partial charge in [-0.05, 0) is 25.0 Å². The van der Waals surface area contributed by atoms with Gasteiger partial charge in [0.15, 0.2) is 0 Å². The highest BCUT2D eigenvalue weighted by Gasteiger charge is 2.31. The third-order valence-corrected chi connectivity index (χ3v) is 2.64. The van der Waals surface area contributed by atoms with Gasteiger partial charge in [-0.15, -0.1) is 0 Å². The van der Waals surface area contributed by atoms with Gasteiger partial charge in [-0.25, -0.2) is 4.98 Å². The van der Waals surface area contributed by atoms with Crippen molar-refractivity contribution < 1.29 is 18.3 Å². The summed E-state index contributed by atoms with van der Waals surface area (Å²) in [5, 5.41) is 11.4. The Morgan fingerprint density at radius 1 is 1.44 bits per heavy atom. The molecule has 0 saturated carbocycles. The number of pyridine rings is 1. The second-order valence-electron chi connectivity index (χ2n) is 3.82. The first-order valence-electron chi connectivity index (χ1n) is 5.49. The minimum Gasteiger partial charge on any atom is -0.396 e. The molecule has 0 aliphatic heterocycles. The number of alkyl halides is 3. The minimum atomic E-state index is -4.46. The maximum atomic E-state index is 12.6. The summed E-state index contributed by atoms with van der Waals surface area (Å²) in [5.41, 5.74) is -0.844. The number of hydrogen-bond acceptors (Lipinski definition) is 3. The number of halogens is 4. The first-order chi connectivity index (χ1) is 8.36. The topological polar surface area (TPSA) is 45.1 Å². The quantitative estimate of drug-likeness (QED) is 0.814. The van der Waals surface area contributed by atoms with Crippen LogP contribution in [0.3, 0.4) is 0 Å². The van der Waals surface area contributed by atoms with E-state index >= 15 is 0 Å². The summed E-state index contributed by atoms with van der Waals surface area (Å²) in [6.07, 6.45) is -3.36. The molecule has 1 unspecified atom stereocenters. The van der Waals surface area contributed by atoms with Crippen molar-refractivity contribution in [2.24, 2.45) is 0 Å². The molecular formula is C11H14ClF3N2O. The number of anilines is 1. The SMILES string of the molecule is CCC(CCO)Nc1cc(C(F)(F)F)cc(Cl)n1. The van der Waals surface area contributed by atoms with Crippen LogP contribution in [0.5, 0.6) is 0 Å². The monoisotopic (exact) mass is 282 g/mol. The van der Waals surface area contributed by atoms with Gasteiger partial charge in [0.05, 0.1) is 5.56 Å². The molecule has 1 aromatic heterocycles. The van der Waals surface area contributed by atoms with Gasteiger partial charge in [-0.1, -0.05) is 18.5 Å². The Bertz CT molecular complexity index is 398. The van der Waals surface area contributed by atoms with Crippen molar-refractivity contribution in [3.05, 3.63) is 22.8 Å². The molecule has 0 spiro atoms. The molecule has 102 valence electrons. The smallest absolute Gasteiger partial charge is 0.396 e. The number of aromatic nitrogens is 1. The van der Waals surface area contributed by atoms with Crippen LogP contribution in [0.15, 0.2) is 12.1 Å². The molecule has 1 heterocycles. The summed E-state index contributed by atoms with van der Waals surface area (Å²) < 4.78 is 37.7. The molecule has 3 nitrogen and oxygen atoms in total. The number of nitrogens with zero attached hydrogens (tertiary/aromatic N) is 1. The number of nitrogens with one attached hydrogen (secondary N) is 1. The predicted molar refractivity (Wildman–Crippen MR) is 63.7 cm³/mol. The Morgan fingerprint density at radius 2 is 2.11 bits per heavy atom. The van der Waals surface area contributed by atoms with E-state index < -0.39 is 11.7 Å². The molecule has 0 aromatic carbocycles. The zero-order valence-corrected chi connectivity index (χ0v) is 10.5. The van der Waals surface area contributed by atoms with E-state index in [2.05, 4.69) is 10.3 Å². The number of rotatable bonds is 5. The van der Waals surface area contributed by atoms with Gasteiger partial charge in [0.25, 0.3) is 0 Å². The fourth-order valence-corrected chi connectivity index (χ4v) is 1.69. The van der Waals surface area contributed by atoms with Gasteiger partial charge in [-0.3, -0.25) is 0 Å². The molecule has 18 heavy (non-hydrogen) atoms. The molecule has 2 N–H and O–H groups in total. The molecule has 1 rings (SSSR count). The van der Waals surface area contributed by atoms with Gasteiger partial charge in [0.2, 0.25) is 0 Å². The summed E-state index contributed by atoms with van der Waals surface area (Å²) in [7, 11) is 0. The highest BCUT2D eigenvalue weighted by atomic mass is 35.5. The van der Waals surface area contributed by atoms with Gasteiger partial charge in [0, 0.05) is 12.6 Å². The molecular weight excluding hydrogens is 269 g/mol. The number of hydrogen-bond donors (Lipinski definition) is 2. The lowest BCUT2D eigenvalue weighted by Gasteiger charge is -2.17. The predicted octanol–water partition coefficient (Wildman–Crippen LogP) is 3.33. The largest absolute Gasteiger partial charge is 0.416 e. The molecule has 0 bridgehead atoms. The van der Waals surface area contributed by atoms with Gasteiger partial charge in [0.1, 0.15) is 11.0 Å². The van der Waals surface area contributed by atoms with E-state index in [1.165, 1.54) is 0 Å². The minimum absolute atomic E-state index is 0.0435. The van der Waals surface area contributed by atoms with Crippen molar-refractivity contribution in [2.45, 2.75) is 32.0 Å². The summed E-state index contributed by atoms with van der Waals surface area (Å²) in [6, 6.07) is 1.55. The van der Waals surface area contributed by atoms with Crippen molar-refractivity contribution in [1.29, 1.82) is 0 Å². The Balaban J connectivity index is 2.92. The summed E-state index contributed by atoms with van der Waals surface area (Å²) in [5.74, 6) is 0.0649. The maximum Gasteiger partial charge on any atom is 0.416 e. The highest BCUT2D eigenvalue weighted by Crippen LogP contribution is 2.32. The third kappa shape index (κ3) is 4.34. The summed E-state index contributed by atoms with van der Waals surface area (Å²) >= 11 is 5.56. The van der Waals surface area contributed by atoms with E-state index in [1.807, 2.05) is 6.92 Å². The van der Waals surface area contributed by atoms with Crippen LogP contribution in [-0.2, 0) is 6.18 Å². The Hall–Kier alpha value is -1.01.